The Morgan fingerprint density at radius 2 is 2.11 bits per heavy atom. The first-order chi connectivity index (χ1) is 8.74. The third-order valence-electron chi connectivity index (χ3n) is 3.15. The van der Waals surface area contributed by atoms with Crippen molar-refractivity contribution in [3.05, 3.63) is 64.5 Å². The van der Waals surface area contributed by atoms with Crippen LogP contribution in [-0.4, -0.2) is 9.55 Å². The van der Waals surface area contributed by atoms with E-state index in [0.29, 0.717) is 0 Å². The molecule has 90 valence electrons. The van der Waals surface area contributed by atoms with E-state index in [1.165, 1.54) is 22.0 Å². The minimum absolute atomic E-state index is 0.847. The van der Waals surface area contributed by atoms with Crippen LogP contribution in [0.15, 0.2) is 53.4 Å². The minimum Gasteiger partial charge on any atom is -0.343 e. The molecule has 1 aromatic carbocycles. The standard InChI is InChI=1S/C15H13BrN2/c1-11-3-2-4-15-14(11)5-6-18(15)10-12-7-13(16)9-17-8-12/h2-9H,10H2,1H3. The van der Waals surface area contributed by atoms with Gasteiger partial charge in [-0.25, -0.2) is 0 Å². The predicted octanol–water partition coefficient (Wildman–Crippen LogP) is 4.16. The fourth-order valence-electron chi connectivity index (χ4n) is 2.25. The number of aryl methyl sites for hydroxylation is 1. The molecule has 18 heavy (non-hydrogen) atoms. The molecule has 2 heterocycles. The summed E-state index contributed by atoms with van der Waals surface area (Å²) >= 11 is 3.46. The summed E-state index contributed by atoms with van der Waals surface area (Å²) in [6, 6.07) is 10.7. The van der Waals surface area contributed by atoms with Crippen molar-refractivity contribution in [1.29, 1.82) is 0 Å². The second-order valence-corrected chi connectivity index (χ2v) is 5.38. The molecule has 0 unspecified atom stereocenters. The van der Waals surface area contributed by atoms with E-state index >= 15 is 0 Å². The van der Waals surface area contributed by atoms with Gasteiger partial charge in [0.25, 0.3) is 0 Å². The van der Waals surface area contributed by atoms with E-state index in [2.05, 4.69) is 68.9 Å². The van der Waals surface area contributed by atoms with Crippen LogP contribution in [0.2, 0.25) is 0 Å². The van der Waals surface area contributed by atoms with Crippen LogP contribution >= 0.6 is 15.9 Å². The van der Waals surface area contributed by atoms with Crippen LogP contribution in [0.4, 0.5) is 0 Å². The van der Waals surface area contributed by atoms with Gasteiger partial charge in [-0.15, -0.1) is 0 Å². The summed E-state index contributed by atoms with van der Waals surface area (Å²) in [6.07, 6.45) is 5.85. The molecule has 3 rings (SSSR count). The first-order valence-electron chi connectivity index (χ1n) is 5.88. The van der Waals surface area contributed by atoms with Crippen molar-refractivity contribution in [1.82, 2.24) is 9.55 Å². The summed E-state index contributed by atoms with van der Waals surface area (Å²) in [5.74, 6) is 0. The zero-order chi connectivity index (χ0) is 12.5. The second-order valence-electron chi connectivity index (χ2n) is 4.46. The largest absolute Gasteiger partial charge is 0.343 e. The van der Waals surface area contributed by atoms with E-state index in [0.717, 1.165) is 11.0 Å². The lowest BCUT2D eigenvalue weighted by atomic mass is 10.1. The molecule has 3 heteroatoms. The average Bonchev–Trinajstić information content (AvgIpc) is 2.74. The number of benzene rings is 1. The third-order valence-corrected chi connectivity index (χ3v) is 3.58. The smallest absolute Gasteiger partial charge is 0.0491 e. The quantitative estimate of drug-likeness (QED) is 0.695. The molecule has 0 spiro atoms. The molecular formula is C15H13BrN2. The molecule has 0 fully saturated rings. The molecule has 0 saturated carbocycles. The molecule has 0 aliphatic rings. The van der Waals surface area contributed by atoms with Crippen molar-refractivity contribution in [3.8, 4) is 0 Å². The SMILES string of the molecule is Cc1cccc2c1ccn2Cc1cncc(Br)c1. The molecular weight excluding hydrogens is 288 g/mol. The van der Waals surface area contributed by atoms with Crippen molar-refractivity contribution < 1.29 is 0 Å². The van der Waals surface area contributed by atoms with Crippen molar-refractivity contribution >= 4 is 26.8 Å². The number of nitrogens with zero attached hydrogens (tertiary/aromatic N) is 2. The van der Waals surface area contributed by atoms with E-state index < -0.39 is 0 Å². The lowest BCUT2D eigenvalue weighted by molar-refractivity contribution is 0.830. The van der Waals surface area contributed by atoms with Crippen LogP contribution in [0.3, 0.4) is 0 Å². The topological polar surface area (TPSA) is 17.8 Å². The summed E-state index contributed by atoms with van der Waals surface area (Å²) < 4.78 is 3.28. The fraction of sp³-hybridized carbons (Fsp3) is 0.133. The van der Waals surface area contributed by atoms with Gasteiger partial charge in [0, 0.05) is 40.5 Å². The Bertz CT molecular complexity index is 701. The number of halogens is 1. The van der Waals surface area contributed by atoms with Gasteiger partial charge in [0.15, 0.2) is 0 Å². The highest BCUT2D eigenvalue weighted by Gasteiger charge is 2.03. The number of fused-ring (bicyclic) bond motifs is 1. The van der Waals surface area contributed by atoms with E-state index in [1.54, 1.807) is 6.20 Å². The zero-order valence-corrected chi connectivity index (χ0v) is 11.7. The molecule has 0 saturated heterocycles. The summed E-state index contributed by atoms with van der Waals surface area (Å²) in [5, 5.41) is 1.32. The Labute approximate surface area is 114 Å². The molecule has 0 N–H and O–H groups in total. The third kappa shape index (κ3) is 2.06. The Hall–Kier alpha value is -1.61. The average molecular weight is 301 g/mol. The highest BCUT2D eigenvalue weighted by molar-refractivity contribution is 9.10. The fourth-order valence-corrected chi connectivity index (χ4v) is 2.67. The first-order valence-corrected chi connectivity index (χ1v) is 6.67. The van der Waals surface area contributed by atoms with Crippen molar-refractivity contribution in [2.75, 3.05) is 0 Å². The van der Waals surface area contributed by atoms with Gasteiger partial charge in [-0.3, -0.25) is 4.98 Å². The van der Waals surface area contributed by atoms with Gasteiger partial charge in [-0.05, 0) is 52.2 Å². The normalized spacial score (nSPS) is 11.0. The van der Waals surface area contributed by atoms with Crippen LogP contribution in [-0.2, 0) is 6.54 Å². The van der Waals surface area contributed by atoms with Crippen molar-refractivity contribution in [2.24, 2.45) is 0 Å². The highest BCUT2D eigenvalue weighted by atomic mass is 79.9. The number of aromatic nitrogens is 2. The van der Waals surface area contributed by atoms with E-state index in [1.807, 2.05) is 6.20 Å². The maximum Gasteiger partial charge on any atom is 0.0491 e. The van der Waals surface area contributed by atoms with Gasteiger partial charge in [0.1, 0.15) is 0 Å². The first kappa shape index (κ1) is 11.5. The maximum absolute atomic E-state index is 4.20. The Kier molecular flexibility index (Phi) is 2.92. The Morgan fingerprint density at radius 3 is 2.94 bits per heavy atom. The van der Waals surface area contributed by atoms with Crippen LogP contribution in [0.5, 0.6) is 0 Å². The summed E-state index contributed by atoms with van der Waals surface area (Å²) in [4.78, 5) is 4.20. The monoisotopic (exact) mass is 300 g/mol. The lowest BCUT2D eigenvalue weighted by Gasteiger charge is -2.06. The number of hydrogen-bond donors (Lipinski definition) is 0. The summed E-state index contributed by atoms with van der Waals surface area (Å²) in [5.41, 5.74) is 3.79. The van der Waals surface area contributed by atoms with Gasteiger partial charge < -0.3 is 4.57 Å². The van der Waals surface area contributed by atoms with Gasteiger partial charge >= 0.3 is 0 Å². The molecule has 0 radical (unpaired) electrons. The van der Waals surface area contributed by atoms with Crippen LogP contribution in [0, 0.1) is 6.92 Å². The lowest BCUT2D eigenvalue weighted by Crippen LogP contribution is -1.98. The van der Waals surface area contributed by atoms with Gasteiger partial charge in [-0.2, -0.15) is 0 Å². The number of pyridine rings is 1. The molecule has 0 amide bonds. The summed E-state index contributed by atoms with van der Waals surface area (Å²) in [6.45, 7) is 2.99. The van der Waals surface area contributed by atoms with Crippen LogP contribution in [0.25, 0.3) is 10.9 Å². The van der Waals surface area contributed by atoms with E-state index in [9.17, 15) is 0 Å². The highest BCUT2D eigenvalue weighted by Crippen LogP contribution is 2.21. The van der Waals surface area contributed by atoms with E-state index in [4.69, 9.17) is 0 Å². The van der Waals surface area contributed by atoms with E-state index in [-0.39, 0.29) is 0 Å². The molecule has 3 aromatic rings. The number of rotatable bonds is 2. The molecule has 0 aliphatic carbocycles. The van der Waals surface area contributed by atoms with Gasteiger partial charge in [-0.1, -0.05) is 12.1 Å². The van der Waals surface area contributed by atoms with Crippen LogP contribution < -0.4 is 0 Å². The van der Waals surface area contributed by atoms with Gasteiger partial charge in [0.2, 0.25) is 0 Å². The molecule has 0 atom stereocenters. The molecule has 2 aromatic heterocycles. The maximum atomic E-state index is 4.20. The van der Waals surface area contributed by atoms with Crippen LogP contribution in [0.1, 0.15) is 11.1 Å². The predicted molar refractivity (Wildman–Crippen MR) is 77.7 cm³/mol. The Morgan fingerprint density at radius 1 is 1.22 bits per heavy atom. The molecule has 0 bridgehead atoms. The summed E-state index contributed by atoms with van der Waals surface area (Å²) in [7, 11) is 0. The van der Waals surface area contributed by atoms with Gasteiger partial charge in [0.05, 0.1) is 0 Å². The van der Waals surface area contributed by atoms with Crippen molar-refractivity contribution in [2.45, 2.75) is 13.5 Å². The Balaban J connectivity index is 2.03. The molecule has 2 nitrogen and oxygen atoms in total. The number of hydrogen-bond acceptors (Lipinski definition) is 1. The molecule has 0 aliphatic heterocycles. The van der Waals surface area contributed by atoms with Crippen molar-refractivity contribution in [3.63, 3.8) is 0 Å². The zero-order valence-electron chi connectivity index (χ0n) is 10.1. The second kappa shape index (κ2) is 4.58. The minimum atomic E-state index is 0.847.